The molecule has 0 saturated heterocycles. The van der Waals surface area contributed by atoms with Crippen molar-refractivity contribution in [1.29, 1.82) is 0 Å². The minimum Gasteiger partial charge on any atom is -0.381 e. The molecule has 84 valence electrons. The van der Waals surface area contributed by atoms with Crippen LogP contribution in [-0.2, 0) is 19.4 Å². The van der Waals surface area contributed by atoms with Gasteiger partial charge in [-0.3, -0.25) is 4.79 Å². The van der Waals surface area contributed by atoms with E-state index in [0.717, 1.165) is 0 Å². The second kappa shape index (κ2) is 6.14. The minimum atomic E-state index is -2.94. The molecule has 0 N–H and O–H groups in total. The fourth-order valence-corrected chi connectivity index (χ4v) is 1.71. The Kier molecular flexibility index (Phi) is 5.95. The minimum absolute atomic E-state index is 0.0583. The predicted molar refractivity (Wildman–Crippen MR) is 55.0 cm³/mol. The molecule has 0 saturated carbocycles. The SMILES string of the molecule is COC(C)CC(=O)CCCS(C)(=O)=O. The predicted octanol–water partition coefficient (Wildman–Crippen LogP) is 0.805. The molecule has 5 heteroatoms. The Bertz CT molecular complexity index is 269. The highest BCUT2D eigenvalue weighted by Gasteiger charge is 2.09. The van der Waals surface area contributed by atoms with Crippen molar-refractivity contribution in [1.82, 2.24) is 0 Å². The summed E-state index contributed by atoms with van der Waals surface area (Å²) < 4.78 is 26.4. The second-order valence-electron chi connectivity index (χ2n) is 3.52. The van der Waals surface area contributed by atoms with Crippen LogP contribution in [0.3, 0.4) is 0 Å². The van der Waals surface area contributed by atoms with Crippen LogP contribution in [-0.4, -0.2) is 39.4 Å². The molecule has 0 heterocycles. The van der Waals surface area contributed by atoms with Crippen LogP contribution >= 0.6 is 0 Å². The quantitative estimate of drug-likeness (QED) is 0.639. The van der Waals surface area contributed by atoms with Crippen LogP contribution in [0.5, 0.6) is 0 Å². The van der Waals surface area contributed by atoms with Gasteiger partial charge >= 0.3 is 0 Å². The highest BCUT2D eigenvalue weighted by molar-refractivity contribution is 7.90. The largest absolute Gasteiger partial charge is 0.381 e. The molecule has 0 aliphatic rings. The maximum Gasteiger partial charge on any atom is 0.147 e. The lowest BCUT2D eigenvalue weighted by Gasteiger charge is -2.07. The molecule has 0 aliphatic heterocycles. The smallest absolute Gasteiger partial charge is 0.147 e. The summed E-state index contributed by atoms with van der Waals surface area (Å²) in [6, 6.07) is 0. The summed E-state index contributed by atoms with van der Waals surface area (Å²) in [5.41, 5.74) is 0. The van der Waals surface area contributed by atoms with Crippen molar-refractivity contribution in [2.45, 2.75) is 32.3 Å². The normalized spacial score (nSPS) is 13.9. The fourth-order valence-electron chi connectivity index (χ4n) is 1.04. The van der Waals surface area contributed by atoms with Crippen LogP contribution in [0.4, 0.5) is 0 Å². The first-order valence-electron chi connectivity index (χ1n) is 4.57. The van der Waals surface area contributed by atoms with E-state index in [4.69, 9.17) is 4.74 Å². The molecule has 0 aromatic carbocycles. The molecule has 1 unspecified atom stereocenters. The van der Waals surface area contributed by atoms with E-state index in [1.807, 2.05) is 6.92 Å². The highest BCUT2D eigenvalue weighted by atomic mass is 32.2. The van der Waals surface area contributed by atoms with Crippen molar-refractivity contribution in [2.24, 2.45) is 0 Å². The fraction of sp³-hybridized carbons (Fsp3) is 0.889. The van der Waals surface area contributed by atoms with Crippen molar-refractivity contribution in [3.8, 4) is 0 Å². The topological polar surface area (TPSA) is 60.4 Å². The van der Waals surface area contributed by atoms with Gasteiger partial charge in [0.2, 0.25) is 0 Å². The average Bonchev–Trinajstić information content (AvgIpc) is 2.01. The maximum absolute atomic E-state index is 11.2. The van der Waals surface area contributed by atoms with Gasteiger partial charge in [-0.15, -0.1) is 0 Å². The lowest BCUT2D eigenvalue weighted by molar-refractivity contribution is -0.121. The number of methoxy groups -OCH3 is 1. The second-order valence-corrected chi connectivity index (χ2v) is 5.78. The molecular weight excluding hydrogens is 204 g/mol. The van der Waals surface area contributed by atoms with Crippen molar-refractivity contribution in [3.05, 3.63) is 0 Å². The van der Waals surface area contributed by atoms with E-state index in [2.05, 4.69) is 0 Å². The van der Waals surface area contributed by atoms with Crippen LogP contribution in [0.1, 0.15) is 26.2 Å². The number of carbonyl (C=O) groups is 1. The Morgan fingerprint density at radius 1 is 1.43 bits per heavy atom. The highest BCUT2D eigenvalue weighted by Crippen LogP contribution is 2.03. The standard InChI is InChI=1S/C9H18O4S/c1-8(13-2)7-9(10)5-4-6-14(3,11)12/h8H,4-7H2,1-3H3. The summed E-state index contributed by atoms with van der Waals surface area (Å²) in [7, 11) is -1.39. The number of Topliss-reactive ketones (excluding diaryl/α,β-unsaturated/α-hetero) is 1. The summed E-state index contributed by atoms with van der Waals surface area (Å²) >= 11 is 0. The van der Waals surface area contributed by atoms with Crippen LogP contribution in [0, 0.1) is 0 Å². The third-order valence-electron chi connectivity index (χ3n) is 1.89. The zero-order chi connectivity index (χ0) is 11.2. The number of hydrogen-bond donors (Lipinski definition) is 0. The summed E-state index contributed by atoms with van der Waals surface area (Å²) in [5.74, 6) is 0.142. The molecule has 0 aromatic heterocycles. The van der Waals surface area contributed by atoms with Gasteiger partial charge in [-0.2, -0.15) is 0 Å². The monoisotopic (exact) mass is 222 g/mol. The van der Waals surface area contributed by atoms with E-state index in [9.17, 15) is 13.2 Å². The van der Waals surface area contributed by atoms with Crippen molar-refractivity contribution < 1.29 is 17.9 Å². The molecule has 14 heavy (non-hydrogen) atoms. The molecular formula is C9H18O4S. The summed E-state index contributed by atoms with van der Waals surface area (Å²) in [6.07, 6.45) is 2.19. The molecule has 0 bridgehead atoms. The third-order valence-corrected chi connectivity index (χ3v) is 2.92. The van der Waals surface area contributed by atoms with Gasteiger partial charge in [-0.25, -0.2) is 8.42 Å². The van der Waals surface area contributed by atoms with Crippen molar-refractivity contribution >= 4 is 15.6 Å². The van der Waals surface area contributed by atoms with E-state index in [-0.39, 0.29) is 17.6 Å². The number of ether oxygens (including phenoxy) is 1. The Morgan fingerprint density at radius 3 is 2.43 bits per heavy atom. The molecule has 0 aliphatic carbocycles. The van der Waals surface area contributed by atoms with E-state index in [1.54, 1.807) is 7.11 Å². The van der Waals surface area contributed by atoms with Crippen LogP contribution in [0.2, 0.25) is 0 Å². The van der Waals surface area contributed by atoms with Crippen LogP contribution < -0.4 is 0 Å². The van der Waals surface area contributed by atoms with Crippen molar-refractivity contribution in [2.75, 3.05) is 19.1 Å². The molecule has 0 rings (SSSR count). The molecule has 4 nitrogen and oxygen atoms in total. The molecule has 0 fully saturated rings. The zero-order valence-corrected chi connectivity index (χ0v) is 9.76. The van der Waals surface area contributed by atoms with Crippen LogP contribution in [0.25, 0.3) is 0 Å². The summed E-state index contributed by atoms with van der Waals surface area (Å²) in [6.45, 7) is 1.81. The summed E-state index contributed by atoms with van der Waals surface area (Å²) in [5, 5.41) is 0. The number of hydrogen-bond acceptors (Lipinski definition) is 4. The zero-order valence-electron chi connectivity index (χ0n) is 8.95. The van der Waals surface area contributed by atoms with Gasteiger partial charge in [0.1, 0.15) is 15.6 Å². The lowest BCUT2D eigenvalue weighted by atomic mass is 10.1. The van der Waals surface area contributed by atoms with Gasteiger partial charge in [0.05, 0.1) is 11.9 Å². The molecule has 0 spiro atoms. The van der Waals surface area contributed by atoms with E-state index in [0.29, 0.717) is 19.3 Å². The average molecular weight is 222 g/mol. The number of carbonyl (C=O) groups excluding carboxylic acids is 1. The van der Waals surface area contributed by atoms with Gasteiger partial charge in [0.25, 0.3) is 0 Å². The Balaban J connectivity index is 3.65. The first-order valence-corrected chi connectivity index (χ1v) is 6.63. The van der Waals surface area contributed by atoms with Gasteiger partial charge in [-0.1, -0.05) is 0 Å². The number of rotatable bonds is 7. The van der Waals surface area contributed by atoms with Gasteiger partial charge in [0.15, 0.2) is 0 Å². The van der Waals surface area contributed by atoms with Crippen molar-refractivity contribution in [3.63, 3.8) is 0 Å². The Labute approximate surface area is 85.6 Å². The van der Waals surface area contributed by atoms with E-state index in [1.165, 1.54) is 6.26 Å². The first-order chi connectivity index (χ1) is 6.35. The number of ketones is 1. The summed E-state index contributed by atoms with van der Waals surface area (Å²) in [4.78, 5) is 11.2. The maximum atomic E-state index is 11.2. The molecule has 0 aromatic rings. The molecule has 0 amide bonds. The number of sulfone groups is 1. The Morgan fingerprint density at radius 2 is 2.00 bits per heavy atom. The first kappa shape index (κ1) is 13.6. The van der Waals surface area contributed by atoms with Gasteiger partial charge in [0, 0.05) is 26.2 Å². The molecule has 1 atom stereocenters. The lowest BCUT2D eigenvalue weighted by Crippen LogP contribution is -2.13. The third kappa shape index (κ3) is 8.19. The van der Waals surface area contributed by atoms with E-state index >= 15 is 0 Å². The van der Waals surface area contributed by atoms with Gasteiger partial charge < -0.3 is 4.74 Å². The van der Waals surface area contributed by atoms with Gasteiger partial charge in [-0.05, 0) is 13.3 Å². The molecule has 0 radical (unpaired) electrons. The van der Waals surface area contributed by atoms with Crippen LogP contribution in [0.15, 0.2) is 0 Å². The van der Waals surface area contributed by atoms with E-state index < -0.39 is 9.84 Å². The Hall–Kier alpha value is -0.420.